The van der Waals surface area contributed by atoms with E-state index in [-0.39, 0.29) is 6.10 Å². The van der Waals surface area contributed by atoms with Crippen LogP contribution in [-0.4, -0.2) is 27.4 Å². The Morgan fingerprint density at radius 3 is 2.96 bits per heavy atom. The van der Waals surface area contributed by atoms with Crippen LogP contribution in [0, 0.1) is 0 Å². The molecular formula is C20H20N2O2. The SMILES string of the molecule is OC1Cc2ccc(Cn3cnc4cc5c(cc43)COCC5)cc2C1. The van der Waals surface area contributed by atoms with Gasteiger partial charge in [0, 0.05) is 6.54 Å². The highest BCUT2D eigenvalue weighted by atomic mass is 16.5. The lowest BCUT2D eigenvalue weighted by Gasteiger charge is -2.16. The van der Waals surface area contributed by atoms with Crippen molar-refractivity contribution in [3.05, 3.63) is 64.5 Å². The van der Waals surface area contributed by atoms with Gasteiger partial charge < -0.3 is 14.4 Å². The average molecular weight is 320 g/mol. The lowest BCUT2D eigenvalue weighted by molar-refractivity contribution is 0.111. The van der Waals surface area contributed by atoms with E-state index in [9.17, 15) is 5.11 Å². The van der Waals surface area contributed by atoms with Crippen molar-refractivity contribution in [3.63, 3.8) is 0 Å². The van der Waals surface area contributed by atoms with E-state index in [1.54, 1.807) is 0 Å². The van der Waals surface area contributed by atoms with Crippen molar-refractivity contribution >= 4 is 11.0 Å². The number of aliphatic hydroxyl groups excluding tert-OH is 1. The molecule has 0 saturated heterocycles. The Balaban J connectivity index is 1.50. The third-order valence-electron chi connectivity index (χ3n) is 5.25. The first-order valence-electron chi connectivity index (χ1n) is 8.59. The molecule has 1 N–H and O–H groups in total. The number of aromatic nitrogens is 2. The Morgan fingerprint density at radius 2 is 2.00 bits per heavy atom. The van der Waals surface area contributed by atoms with Gasteiger partial charge in [0.05, 0.1) is 36.7 Å². The summed E-state index contributed by atoms with van der Waals surface area (Å²) < 4.78 is 7.79. The highest BCUT2D eigenvalue weighted by Crippen LogP contribution is 2.26. The lowest BCUT2D eigenvalue weighted by atomic mass is 10.0. The summed E-state index contributed by atoms with van der Waals surface area (Å²) in [5.74, 6) is 0. The standard InChI is InChI=1S/C20H20N2O2/c23-18-6-14-2-1-13(5-16(14)7-18)10-22-12-21-19-8-15-3-4-24-11-17(15)9-20(19)22/h1-2,5,8-9,12,18,23H,3-4,6-7,10-11H2. The molecule has 1 aromatic heterocycles. The molecule has 0 amide bonds. The van der Waals surface area contributed by atoms with Gasteiger partial charge in [-0.1, -0.05) is 18.2 Å². The maximum absolute atomic E-state index is 9.82. The van der Waals surface area contributed by atoms with E-state index < -0.39 is 0 Å². The summed E-state index contributed by atoms with van der Waals surface area (Å²) in [6.07, 6.45) is 4.26. The van der Waals surface area contributed by atoms with E-state index in [0.29, 0.717) is 6.61 Å². The molecule has 2 aromatic carbocycles. The van der Waals surface area contributed by atoms with E-state index in [0.717, 1.165) is 37.9 Å². The normalized spacial score (nSPS) is 19.5. The van der Waals surface area contributed by atoms with Gasteiger partial charge in [-0.3, -0.25) is 0 Å². The predicted octanol–water partition coefficient (Wildman–Crippen LogP) is 2.62. The molecule has 4 heteroatoms. The number of ether oxygens (including phenoxy) is 1. The van der Waals surface area contributed by atoms with Gasteiger partial charge in [-0.25, -0.2) is 4.98 Å². The summed E-state index contributed by atoms with van der Waals surface area (Å²) in [6.45, 7) is 2.31. The van der Waals surface area contributed by atoms with Gasteiger partial charge in [-0.05, 0) is 59.2 Å². The highest BCUT2D eigenvalue weighted by Gasteiger charge is 2.19. The molecule has 1 unspecified atom stereocenters. The molecule has 0 spiro atoms. The van der Waals surface area contributed by atoms with Gasteiger partial charge in [0.2, 0.25) is 0 Å². The number of rotatable bonds is 2. The molecule has 0 radical (unpaired) electrons. The van der Waals surface area contributed by atoms with Crippen LogP contribution in [0.15, 0.2) is 36.7 Å². The fourth-order valence-electron chi connectivity index (χ4n) is 3.99. The number of imidazole rings is 1. The average Bonchev–Trinajstić information content (AvgIpc) is 3.15. The molecule has 24 heavy (non-hydrogen) atoms. The summed E-state index contributed by atoms with van der Waals surface area (Å²) in [5.41, 5.74) is 8.71. The smallest absolute Gasteiger partial charge is 0.0961 e. The van der Waals surface area contributed by atoms with Gasteiger partial charge in [-0.2, -0.15) is 0 Å². The van der Waals surface area contributed by atoms with Gasteiger partial charge in [0.1, 0.15) is 0 Å². The van der Waals surface area contributed by atoms with Crippen molar-refractivity contribution < 1.29 is 9.84 Å². The summed E-state index contributed by atoms with van der Waals surface area (Å²) in [7, 11) is 0. The fraction of sp³-hybridized carbons (Fsp3) is 0.350. The molecule has 0 bridgehead atoms. The topological polar surface area (TPSA) is 47.3 Å². The van der Waals surface area contributed by atoms with Crippen LogP contribution < -0.4 is 0 Å². The van der Waals surface area contributed by atoms with Gasteiger partial charge in [0.15, 0.2) is 0 Å². The maximum Gasteiger partial charge on any atom is 0.0961 e. The van der Waals surface area contributed by atoms with Gasteiger partial charge in [0.25, 0.3) is 0 Å². The number of aliphatic hydroxyl groups is 1. The van der Waals surface area contributed by atoms with Crippen LogP contribution in [0.5, 0.6) is 0 Å². The molecule has 0 saturated carbocycles. The first kappa shape index (κ1) is 14.2. The molecule has 2 heterocycles. The predicted molar refractivity (Wildman–Crippen MR) is 92.1 cm³/mol. The van der Waals surface area contributed by atoms with Crippen LogP contribution in [0.4, 0.5) is 0 Å². The zero-order chi connectivity index (χ0) is 16.1. The monoisotopic (exact) mass is 320 g/mol. The molecule has 0 fully saturated rings. The van der Waals surface area contributed by atoms with Crippen molar-refractivity contribution in [2.75, 3.05) is 6.61 Å². The van der Waals surface area contributed by atoms with E-state index >= 15 is 0 Å². The van der Waals surface area contributed by atoms with Crippen molar-refractivity contribution in [1.82, 2.24) is 9.55 Å². The van der Waals surface area contributed by atoms with Crippen molar-refractivity contribution in [2.24, 2.45) is 0 Å². The number of hydrogen-bond acceptors (Lipinski definition) is 3. The molecule has 2 aliphatic rings. The number of hydrogen-bond donors (Lipinski definition) is 1. The van der Waals surface area contributed by atoms with Crippen LogP contribution in [-0.2, 0) is 37.2 Å². The van der Waals surface area contributed by atoms with Crippen molar-refractivity contribution in [2.45, 2.75) is 38.5 Å². The van der Waals surface area contributed by atoms with Crippen LogP contribution in [0.2, 0.25) is 0 Å². The minimum absolute atomic E-state index is 0.212. The van der Waals surface area contributed by atoms with Crippen molar-refractivity contribution in [1.29, 1.82) is 0 Å². The second kappa shape index (κ2) is 5.43. The van der Waals surface area contributed by atoms with Crippen molar-refractivity contribution in [3.8, 4) is 0 Å². The Morgan fingerprint density at radius 1 is 1.08 bits per heavy atom. The van der Waals surface area contributed by atoms with Gasteiger partial charge in [-0.15, -0.1) is 0 Å². The molecule has 1 aliphatic carbocycles. The first-order valence-corrected chi connectivity index (χ1v) is 8.59. The summed E-state index contributed by atoms with van der Waals surface area (Å²) in [4.78, 5) is 4.59. The molecule has 122 valence electrons. The molecule has 1 aliphatic heterocycles. The second-order valence-corrected chi connectivity index (χ2v) is 6.95. The summed E-state index contributed by atoms with van der Waals surface area (Å²) in [5, 5.41) is 9.82. The number of nitrogens with zero attached hydrogens (tertiary/aromatic N) is 2. The maximum atomic E-state index is 9.82. The fourth-order valence-corrected chi connectivity index (χ4v) is 3.99. The number of benzene rings is 2. The Kier molecular flexibility index (Phi) is 3.21. The van der Waals surface area contributed by atoms with E-state index in [1.807, 2.05) is 6.33 Å². The molecule has 5 rings (SSSR count). The van der Waals surface area contributed by atoms with E-state index in [1.165, 1.54) is 33.3 Å². The third-order valence-corrected chi connectivity index (χ3v) is 5.25. The largest absolute Gasteiger partial charge is 0.392 e. The molecular weight excluding hydrogens is 300 g/mol. The Labute approximate surface area is 140 Å². The quantitative estimate of drug-likeness (QED) is 0.789. The first-order chi connectivity index (χ1) is 11.8. The lowest BCUT2D eigenvalue weighted by Crippen LogP contribution is -2.10. The zero-order valence-electron chi connectivity index (χ0n) is 13.5. The van der Waals surface area contributed by atoms with E-state index in [4.69, 9.17) is 4.74 Å². The van der Waals surface area contributed by atoms with Crippen LogP contribution in [0.3, 0.4) is 0 Å². The van der Waals surface area contributed by atoms with Gasteiger partial charge >= 0.3 is 0 Å². The van der Waals surface area contributed by atoms with Crippen LogP contribution in [0.25, 0.3) is 11.0 Å². The third kappa shape index (κ3) is 2.34. The number of fused-ring (bicyclic) bond motifs is 3. The zero-order valence-corrected chi connectivity index (χ0v) is 13.5. The van der Waals surface area contributed by atoms with Crippen LogP contribution in [0.1, 0.15) is 27.8 Å². The molecule has 1 atom stereocenters. The molecule has 3 aromatic rings. The Bertz CT molecular complexity index is 929. The highest BCUT2D eigenvalue weighted by molar-refractivity contribution is 5.77. The van der Waals surface area contributed by atoms with Crippen LogP contribution >= 0.6 is 0 Å². The summed E-state index contributed by atoms with van der Waals surface area (Å²) in [6, 6.07) is 11.0. The molecule has 4 nitrogen and oxygen atoms in total. The minimum Gasteiger partial charge on any atom is -0.392 e. The summed E-state index contributed by atoms with van der Waals surface area (Å²) >= 11 is 0. The van der Waals surface area contributed by atoms with E-state index in [2.05, 4.69) is 39.9 Å². The minimum atomic E-state index is -0.212. The second-order valence-electron chi connectivity index (χ2n) is 6.95. The Hall–Kier alpha value is -2.17.